The third kappa shape index (κ3) is 1.10. The fourth-order valence-electron chi connectivity index (χ4n) is 3.22. The molecule has 2 N–H and O–H groups in total. The Bertz CT molecular complexity index is 142. The lowest BCUT2D eigenvalue weighted by molar-refractivity contribution is 0.271. The zero-order valence-electron chi connectivity index (χ0n) is 7.42. The van der Waals surface area contributed by atoms with E-state index in [1.807, 2.05) is 0 Å². The van der Waals surface area contributed by atoms with E-state index < -0.39 is 0 Å². The van der Waals surface area contributed by atoms with Crippen LogP contribution in [0.4, 0.5) is 0 Å². The molecule has 2 rings (SSSR count). The van der Waals surface area contributed by atoms with Crippen molar-refractivity contribution in [3.8, 4) is 0 Å². The maximum atomic E-state index is 6.15. The van der Waals surface area contributed by atoms with Crippen molar-refractivity contribution in [1.82, 2.24) is 0 Å². The zero-order valence-corrected chi connectivity index (χ0v) is 7.42. The van der Waals surface area contributed by atoms with Gasteiger partial charge in [0, 0.05) is 6.04 Å². The summed E-state index contributed by atoms with van der Waals surface area (Å²) < 4.78 is 0. The molecule has 0 aromatic carbocycles. The summed E-state index contributed by atoms with van der Waals surface area (Å²) >= 11 is 0. The lowest BCUT2D eigenvalue weighted by atomic mass is 9.82. The number of nitrogens with two attached hydrogens (primary N) is 1. The average molecular weight is 153 g/mol. The zero-order chi connectivity index (χ0) is 7.84. The summed E-state index contributed by atoms with van der Waals surface area (Å²) in [4.78, 5) is 0. The summed E-state index contributed by atoms with van der Waals surface area (Å²) in [5, 5.41) is 0. The Balaban J connectivity index is 2.00. The normalized spacial score (nSPS) is 48.5. The third-order valence-electron chi connectivity index (χ3n) is 3.78. The summed E-state index contributed by atoms with van der Waals surface area (Å²) in [5.74, 6) is 2.80. The minimum absolute atomic E-state index is 0.564. The van der Waals surface area contributed by atoms with E-state index in [0.29, 0.717) is 6.04 Å². The highest BCUT2D eigenvalue weighted by molar-refractivity contribution is 4.98. The van der Waals surface area contributed by atoms with Gasteiger partial charge in [-0.05, 0) is 43.4 Å². The van der Waals surface area contributed by atoms with Gasteiger partial charge in [-0.3, -0.25) is 0 Å². The molecule has 2 unspecified atom stereocenters. The lowest BCUT2D eigenvalue weighted by Crippen LogP contribution is -2.35. The first-order chi connectivity index (χ1) is 5.33. The number of hydrogen-bond acceptors (Lipinski definition) is 1. The summed E-state index contributed by atoms with van der Waals surface area (Å²) in [6, 6.07) is 0.564. The Hall–Kier alpha value is -0.0400. The molecule has 0 heterocycles. The van der Waals surface area contributed by atoms with Gasteiger partial charge in [0.1, 0.15) is 0 Å². The summed E-state index contributed by atoms with van der Waals surface area (Å²) in [6.45, 7) is 2.28. The van der Waals surface area contributed by atoms with Gasteiger partial charge in [0.15, 0.2) is 0 Å². The van der Waals surface area contributed by atoms with Crippen LogP contribution in [0, 0.1) is 17.8 Å². The Morgan fingerprint density at radius 1 is 1.27 bits per heavy atom. The van der Waals surface area contributed by atoms with E-state index in [9.17, 15) is 0 Å². The summed E-state index contributed by atoms with van der Waals surface area (Å²) in [7, 11) is 0. The predicted octanol–water partition coefficient (Wildman–Crippen LogP) is 2.16. The monoisotopic (exact) mass is 153 g/mol. The predicted molar refractivity (Wildman–Crippen MR) is 47.2 cm³/mol. The van der Waals surface area contributed by atoms with Gasteiger partial charge in [0.25, 0.3) is 0 Å². The number of hydrogen-bond donors (Lipinski definition) is 1. The van der Waals surface area contributed by atoms with E-state index in [4.69, 9.17) is 5.73 Å². The molecule has 0 aromatic rings. The van der Waals surface area contributed by atoms with Gasteiger partial charge in [0.2, 0.25) is 0 Å². The molecule has 2 aliphatic rings. The molecule has 2 bridgehead atoms. The standard InChI is InChI=1S/C10H19N/c1-2-3-9-7-4-5-8(6-7)10(9)11/h7-10H,2-6,11H2,1H3/t7-,8+,9?,10?/m1/s1. The molecular weight excluding hydrogens is 134 g/mol. The van der Waals surface area contributed by atoms with Crippen molar-refractivity contribution in [2.75, 3.05) is 0 Å². The molecule has 2 aliphatic carbocycles. The topological polar surface area (TPSA) is 26.0 Å². The summed E-state index contributed by atoms with van der Waals surface area (Å²) in [5.41, 5.74) is 6.15. The fraction of sp³-hybridized carbons (Fsp3) is 1.00. The molecule has 1 heteroatoms. The van der Waals surface area contributed by atoms with Gasteiger partial charge >= 0.3 is 0 Å². The highest BCUT2D eigenvalue weighted by Gasteiger charge is 2.44. The van der Waals surface area contributed by atoms with E-state index in [1.54, 1.807) is 0 Å². The molecule has 2 fully saturated rings. The Kier molecular flexibility index (Phi) is 1.92. The Morgan fingerprint density at radius 2 is 2.00 bits per heavy atom. The quantitative estimate of drug-likeness (QED) is 0.646. The van der Waals surface area contributed by atoms with E-state index in [2.05, 4.69) is 6.92 Å². The van der Waals surface area contributed by atoms with E-state index >= 15 is 0 Å². The molecule has 0 spiro atoms. The van der Waals surface area contributed by atoms with Crippen LogP contribution in [0.25, 0.3) is 0 Å². The van der Waals surface area contributed by atoms with Crippen LogP contribution in [0.15, 0.2) is 0 Å². The molecule has 64 valence electrons. The van der Waals surface area contributed by atoms with Crippen molar-refractivity contribution in [2.24, 2.45) is 23.5 Å². The van der Waals surface area contributed by atoms with Crippen LogP contribution in [0.2, 0.25) is 0 Å². The molecule has 11 heavy (non-hydrogen) atoms. The van der Waals surface area contributed by atoms with Crippen LogP contribution in [0.3, 0.4) is 0 Å². The molecule has 2 saturated carbocycles. The molecule has 1 nitrogen and oxygen atoms in total. The Morgan fingerprint density at radius 3 is 2.55 bits per heavy atom. The van der Waals surface area contributed by atoms with Crippen LogP contribution in [-0.4, -0.2) is 6.04 Å². The van der Waals surface area contributed by atoms with Crippen molar-refractivity contribution >= 4 is 0 Å². The first kappa shape index (κ1) is 7.60. The second-order valence-corrected chi connectivity index (χ2v) is 4.36. The smallest absolute Gasteiger partial charge is 0.00983 e. The van der Waals surface area contributed by atoms with E-state index in [0.717, 1.165) is 17.8 Å². The maximum Gasteiger partial charge on any atom is 0.00983 e. The van der Waals surface area contributed by atoms with E-state index in [-0.39, 0.29) is 0 Å². The van der Waals surface area contributed by atoms with Gasteiger partial charge in [-0.1, -0.05) is 13.3 Å². The van der Waals surface area contributed by atoms with Crippen molar-refractivity contribution < 1.29 is 0 Å². The third-order valence-corrected chi connectivity index (χ3v) is 3.78. The van der Waals surface area contributed by atoms with Gasteiger partial charge in [-0.15, -0.1) is 0 Å². The van der Waals surface area contributed by atoms with Crippen LogP contribution >= 0.6 is 0 Å². The molecule has 0 saturated heterocycles. The van der Waals surface area contributed by atoms with Crippen LogP contribution in [0.1, 0.15) is 39.0 Å². The minimum atomic E-state index is 0.564. The van der Waals surface area contributed by atoms with Crippen molar-refractivity contribution in [3.63, 3.8) is 0 Å². The highest BCUT2D eigenvalue weighted by atomic mass is 14.7. The largest absolute Gasteiger partial charge is 0.327 e. The second kappa shape index (κ2) is 2.78. The van der Waals surface area contributed by atoms with Gasteiger partial charge in [-0.25, -0.2) is 0 Å². The van der Waals surface area contributed by atoms with Gasteiger partial charge < -0.3 is 5.73 Å². The van der Waals surface area contributed by atoms with Crippen LogP contribution < -0.4 is 5.73 Å². The number of rotatable bonds is 2. The lowest BCUT2D eigenvalue weighted by Gasteiger charge is -2.27. The first-order valence-corrected chi connectivity index (χ1v) is 5.08. The first-order valence-electron chi connectivity index (χ1n) is 5.08. The van der Waals surface area contributed by atoms with Crippen molar-refractivity contribution in [2.45, 2.75) is 45.1 Å². The fourth-order valence-corrected chi connectivity index (χ4v) is 3.22. The second-order valence-electron chi connectivity index (χ2n) is 4.36. The molecule has 0 amide bonds. The van der Waals surface area contributed by atoms with E-state index in [1.165, 1.54) is 32.1 Å². The molecule has 0 aromatic heterocycles. The maximum absolute atomic E-state index is 6.15. The number of fused-ring (bicyclic) bond motifs is 2. The minimum Gasteiger partial charge on any atom is -0.327 e. The van der Waals surface area contributed by atoms with Crippen molar-refractivity contribution in [1.29, 1.82) is 0 Å². The van der Waals surface area contributed by atoms with Crippen molar-refractivity contribution in [3.05, 3.63) is 0 Å². The van der Waals surface area contributed by atoms with Gasteiger partial charge in [0.05, 0.1) is 0 Å². The van der Waals surface area contributed by atoms with Crippen LogP contribution in [-0.2, 0) is 0 Å². The SMILES string of the molecule is CCCC1C(N)[C@H]2CC[C@@H]1C2. The van der Waals surface area contributed by atoms with Gasteiger partial charge in [-0.2, -0.15) is 0 Å². The molecule has 0 aliphatic heterocycles. The summed E-state index contributed by atoms with van der Waals surface area (Å²) in [6.07, 6.45) is 7.05. The highest BCUT2D eigenvalue weighted by Crippen LogP contribution is 2.49. The van der Waals surface area contributed by atoms with Crippen LogP contribution in [0.5, 0.6) is 0 Å². The molecular formula is C10H19N. The molecule has 0 radical (unpaired) electrons. The Labute approximate surface area is 69.4 Å². The average Bonchev–Trinajstić information content (AvgIpc) is 2.54. The molecule has 4 atom stereocenters.